The molecule has 8 nitrogen and oxygen atoms in total. The second kappa shape index (κ2) is 10.8. The van der Waals surface area contributed by atoms with Gasteiger partial charge in [-0.3, -0.25) is 4.79 Å². The number of amides is 1. The maximum Gasteiger partial charge on any atom is 0.241 e. The Bertz CT molecular complexity index is 799. The van der Waals surface area contributed by atoms with Crippen LogP contribution >= 0.6 is 0 Å². The summed E-state index contributed by atoms with van der Waals surface area (Å²) in [5.74, 6) is -0.721. The van der Waals surface area contributed by atoms with Gasteiger partial charge in [0.15, 0.2) is 0 Å². The Morgan fingerprint density at radius 1 is 1.24 bits per heavy atom. The van der Waals surface area contributed by atoms with Gasteiger partial charge in [0.05, 0.1) is 30.1 Å². The molecule has 0 spiro atoms. The van der Waals surface area contributed by atoms with Gasteiger partial charge in [-0.1, -0.05) is 12.2 Å². The van der Waals surface area contributed by atoms with Crippen LogP contribution in [0.3, 0.4) is 0 Å². The van der Waals surface area contributed by atoms with Crippen molar-refractivity contribution >= 4 is 15.9 Å². The molecular formula is C19H28FN3O5S. The molecule has 0 aromatic heterocycles. The van der Waals surface area contributed by atoms with Gasteiger partial charge in [0.25, 0.3) is 0 Å². The van der Waals surface area contributed by atoms with Crippen molar-refractivity contribution in [3.8, 4) is 0 Å². The van der Waals surface area contributed by atoms with Gasteiger partial charge < -0.3 is 20.1 Å². The highest BCUT2D eigenvalue weighted by Gasteiger charge is 2.31. The first-order valence-corrected chi connectivity index (χ1v) is 10.8. The Balaban J connectivity index is 1.92. The first-order valence-electron chi connectivity index (χ1n) is 9.35. The van der Waals surface area contributed by atoms with Gasteiger partial charge in [-0.05, 0) is 51.3 Å². The van der Waals surface area contributed by atoms with Gasteiger partial charge in [-0.15, -0.1) is 0 Å². The molecule has 0 saturated carbocycles. The van der Waals surface area contributed by atoms with Crippen LogP contribution < -0.4 is 10.0 Å². The van der Waals surface area contributed by atoms with Crippen LogP contribution in [0.15, 0.2) is 41.3 Å². The van der Waals surface area contributed by atoms with Gasteiger partial charge >= 0.3 is 0 Å². The lowest BCUT2D eigenvalue weighted by atomic mass is 10.1. The van der Waals surface area contributed by atoms with Crippen molar-refractivity contribution in [1.29, 1.82) is 0 Å². The minimum Gasteiger partial charge on any atom is -0.394 e. The van der Waals surface area contributed by atoms with E-state index in [4.69, 9.17) is 4.74 Å². The average Bonchev–Trinajstić information content (AvgIpc) is 2.66. The Kier molecular flexibility index (Phi) is 8.72. The number of sulfonamides is 1. The van der Waals surface area contributed by atoms with Crippen LogP contribution in [0.2, 0.25) is 0 Å². The second-order valence-electron chi connectivity index (χ2n) is 7.09. The zero-order chi connectivity index (χ0) is 21.4. The third-order valence-electron chi connectivity index (χ3n) is 4.37. The highest BCUT2D eigenvalue weighted by atomic mass is 32.2. The van der Waals surface area contributed by atoms with E-state index in [9.17, 15) is 22.7 Å². The fraction of sp³-hybridized carbons (Fsp3) is 0.526. The lowest BCUT2D eigenvalue weighted by Crippen LogP contribution is -2.49. The quantitative estimate of drug-likeness (QED) is 0.363. The number of ether oxygens (including phenoxy) is 1. The number of aliphatic hydroxyl groups excluding tert-OH is 1. The number of aliphatic hydroxyl groups is 1. The van der Waals surface area contributed by atoms with Crippen LogP contribution in [-0.4, -0.2) is 76.4 Å². The average molecular weight is 430 g/mol. The zero-order valence-corrected chi connectivity index (χ0v) is 17.4. The molecule has 0 aliphatic carbocycles. The molecule has 0 unspecified atom stereocenters. The lowest BCUT2D eigenvalue weighted by molar-refractivity contribution is -0.125. The molecule has 1 amide bonds. The normalized spacial score (nSPS) is 22.0. The number of nitrogens with zero attached hydrogens (tertiary/aromatic N) is 1. The Labute approximate surface area is 170 Å². The highest BCUT2D eigenvalue weighted by molar-refractivity contribution is 7.89. The van der Waals surface area contributed by atoms with Crippen molar-refractivity contribution in [2.45, 2.75) is 36.0 Å². The van der Waals surface area contributed by atoms with Crippen molar-refractivity contribution in [1.82, 2.24) is 14.9 Å². The molecular weight excluding hydrogens is 401 g/mol. The van der Waals surface area contributed by atoms with Gasteiger partial charge in [0.2, 0.25) is 15.9 Å². The largest absolute Gasteiger partial charge is 0.394 e. The Hall–Kier alpha value is -1.85. The summed E-state index contributed by atoms with van der Waals surface area (Å²) in [4.78, 5) is 14.0. The summed E-state index contributed by atoms with van der Waals surface area (Å²) in [6.07, 6.45) is 2.66. The maximum absolute atomic E-state index is 13.0. The fourth-order valence-electron chi connectivity index (χ4n) is 2.85. The molecule has 1 heterocycles. The molecule has 1 aromatic carbocycles. The summed E-state index contributed by atoms with van der Waals surface area (Å²) in [7, 11) is -0.0113. The van der Waals surface area contributed by atoms with Gasteiger partial charge in [-0.2, -0.15) is 0 Å². The molecule has 29 heavy (non-hydrogen) atoms. The van der Waals surface area contributed by atoms with E-state index in [1.54, 1.807) is 12.2 Å². The third-order valence-corrected chi connectivity index (χ3v) is 5.84. The monoisotopic (exact) mass is 429 g/mol. The van der Waals surface area contributed by atoms with Crippen LogP contribution in [0.25, 0.3) is 0 Å². The molecule has 0 radical (unpaired) electrons. The molecule has 10 heteroatoms. The standard InChI is InChI=1S/C19H28FN3O5S/c1-23(2)11-3-10-21-19(25)12-15-6-9-17(18(13-24)28-15)22-29(26,27)16-7-4-14(20)5-8-16/h4-9,15,17-18,22,24H,3,10-13H2,1-2H3,(H,21,25)/t15-,17+,18-/m1/s1. The molecule has 0 bridgehead atoms. The van der Waals surface area contributed by atoms with Gasteiger partial charge in [-0.25, -0.2) is 17.5 Å². The predicted molar refractivity (Wildman–Crippen MR) is 106 cm³/mol. The lowest BCUT2D eigenvalue weighted by Gasteiger charge is -2.31. The van der Waals surface area contributed by atoms with Crippen LogP contribution in [-0.2, 0) is 19.6 Å². The number of nitrogens with one attached hydrogen (secondary N) is 2. The van der Waals surface area contributed by atoms with Crippen molar-refractivity contribution in [3.05, 3.63) is 42.2 Å². The highest BCUT2D eigenvalue weighted by Crippen LogP contribution is 2.18. The van der Waals surface area contributed by atoms with Crippen molar-refractivity contribution in [3.63, 3.8) is 0 Å². The minimum atomic E-state index is -3.92. The van der Waals surface area contributed by atoms with E-state index in [0.717, 1.165) is 37.2 Å². The van der Waals surface area contributed by atoms with Crippen LogP contribution in [0.5, 0.6) is 0 Å². The molecule has 162 valence electrons. The van der Waals surface area contributed by atoms with Crippen molar-refractivity contribution in [2.24, 2.45) is 0 Å². The number of hydrogen-bond donors (Lipinski definition) is 3. The molecule has 3 N–H and O–H groups in total. The van der Waals surface area contributed by atoms with E-state index in [1.165, 1.54) is 0 Å². The number of benzene rings is 1. The summed E-state index contributed by atoms with van der Waals surface area (Å²) < 4.78 is 46.0. The SMILES string of the molecule is CN(C)CCCNC(=O)C[C@H]1C=C[C@H](NS(=O)(=O)c2ccc(F)cc2)[C@@H](CO)O1. The summed E-state index contributed by atoms with van der Waals surface area (Å²) in [6.45, 7) is 0.988. The number of carbonyl (C=O) groups is 1. The molecule has 0 fully saturated rings. The minimum absolute atomic E-state index is 0.0758. The van der Waals surface area contributed by atoms with Crippen LogP contribution in [0, 0.1) is 5.82 Å². The number of halogens is 1. The number of carbonyl (C=O) groups excluding carboxylic acids is 1. The van der Waals surface area contributed by atoms with E-state index < -0.39 is 40.7 Å². The number of rotatable bonds is 10. The van der Waals surface area contributed by atoms with Gasteiger partial charge in [0, 0.05) is 6.54 Å². The van der Waals surface area contributed by atoms with E-state index in [2.05, 4.69) is 10.0 Å². The summed E-state index contributed by atoms with van der Waals surface area (Å²) in [6, 6.07) is 3.61. The topological polar surface area (TPSA) is 108 Å². The van der Waals surface area contributed by atoms with Gasteiger partial charge in [0.1, 0.15) is 11.9 Å². The van der Waals surface area contributed by atoms with E-state index in [0.29, 0.717) is 6.54 Å². The molecule has 0 saturated heterocycles. The molecule has 3 atom stereocenters. The van der Waals surface area contributed by atoms with Crippen molar-refractivity contribution in [2.75, 3.05) is 33.8 Å². The Morgan fingerprint density at radius 3 is 2.55 bits per heavy atom. The molecule has 1 aromatic rings. The summed E-state index contributed by atoms with van der Waals surface area (Å²) >= 11 is 0. The first kappa shape index (κ1) is 23.4. The zero-order valence-electron chi connectivity index (χ0n) is 16.5. The van der Waals surface area contributed by atoms with Crippen molar-refractivity contribution < 1.29 is 27.4 Å². The summed E-state index contributed by atoms with van der Waals surface area (Å²) in [5.41, 5.74) is 0. The third kappa shape index (κ3) is 7.48. The van der Waals surface area contributed by atoms with E-state index in [-0.39, 0.29) is 17.2 Å². The second-order valence-corrected chi connectivity index (χ2v) is 8.81. The maximum atomic E-state index is 13.0. The van der Waals surface area contributed by atoms with E-state index in [1.807, 2.05) is 19.0 Å². The van der Waals surface area contributed by atoms with Crippen LogP contribution in [0.1, 0.15) is 12.8 Å². The Morgan fingerprint density at radius 2 is 1.93 bits per heavy atom. The van der Waals surface area contributed by atoms with E-state index >= 15 is 0 Å². The number of hydrogen-bond acceptors (Lipinski definition) is 6. The van der Waals surface area contributed by atoms with Crippen LogP contribution in [0.4, 0.5) is 4.39 Å². The molecule has 1 aliphatic rings. The molecule has 1 aliphatic heterocycles. The fourth-order valence-corrected chi connectivity index (χ4v) is 4.07. The predicted octanol–water partition coefficient (Wildman–Crippen LogP) is 0.247. The summed E-state index contributed by atoms with van der Waals surface area (Å²) in [5, 5.41) is 12.4. The molecule has 2 rings (SSSR count). The first-order chi connectivity index (χ1) is 13.7. The smallest absolute Gasteiger partial charge is 0.241 e.